The van der Waals surface area contributed by atoms with Crippen LogP contribution in [0.25, 0.3) is 0 Å². The zero-order valence-electron chi connectivity index (χ0n) is 15.6. The lowest BCUT2D eigenvalue weighted by Gasteiger charge is -2.29. The molecule has 1 aliphatic heterocycles. The summed E-state index contributed by atoms with van der Waals surface area (Å²) in [7, 11) is -1.79. The lowest BCUT2D eigenvalue weighted by Crippen LogP contribution is -2.35. The van der Waals surface area contributed by atoms with E-state index in [-0.39, 0.29) is 18.1 Å². The molecule has 1 atom stereocenters. The maximum atomic E-state index is 12.7. The van der Waals surface area contributed by atoms with E-state index in [0.29, 0.717) is 23.7 Å². The van der Waals surface area contributed by atoms with Gasteiger partial charge >= 0.3 is 0 Å². The van der Waals surface area contributed by atoms with Gasteiger partial charge in [0.25, 0.3) is 0 Å². The number of carbonyl (C=O) groups is 1. The Labute approximate surface area is 159 Å². The molecule has 6 nitrogen and oxygen atoms in total. The van der Waals surface area contributed by atoms with Gasteiger partial charge in [-0.2, -0.15) is 0 Å². The SMILES string of the molecule is CCOc1cc(C(CS(C)(=O)=O)N2C(=O)Cc3ccccc32)ccc1OC. The van der Waals surface area contributed by atoms with E-state index in [9.17, 15) is 13.2 Å². The number of methoxy groups -OCH3 is 1. The molecule has 7 heteroatoms. The number of fused-ring (bicyclic) bond motifs is 1. The van der Waals surface area contributed by atoms with Crippen molar-refractivity contribution in [3.05, 3.63) is 53.6 Å². The molecule has 1 unspecified atom stereocenters. The molecule has 1 aliphatic rings. The third kappa shape index (κ3) is 4.08. The van der Waals surface area contributed by atoms with E-state index in [4.69, 9.17) is 9.47 Å². The van der Waals surface area contributed by atoms with Crippen LogP contribution in [0.5, 0.6) is 11.5 Å². The summed E-state index contributed by atoms with van der Waals surface area (Å²) in [5.41, 5.74) is 2.35. The first-order chi connectivity index (χ1) is 12.8. The normalized spacial score (nSPS) is 14.8. The zero-order valence-corrected chi connectivity index (χ0v) is 16.5. The number of hydrogen-bond acceptors (Lipinski definition) is 5. The summed E-state index contributed by atoms with van der Waals surface area (Å²) < 4.78 is 35.2. The van der Waals surface area contributed by atoms with E-state index < -0.39 is 15.9 Å². The van der Waals surface area contributed by atoms with Crippen LogP contribution in [0.4, 0.5) is 5.69 Å². The second-order valence-electron chi connectivity index (χ2n) is 6.52. The van der Waals surface area contributed by atoms with Gasteiger partial charge in [0.2, 0.25) is 5.91 Å². The van der Waals surface area contributed by atoms with Crippen LogP contribution >= 0.6 is 0 Å². The summed E-state index contributed by atoms with van der Waals surface area (Å²) in [4.78, 5) is 14.3. The van der Waals surface area contributed by atoms with Crippen molar-refractivity contribution in [3.8, 4) is 11.5 Å². The topological polar surface area (TPSA) is 72.9 Å². The third-order valence-electron chi connectivity index (χ3n) is 4.51. The molecule has 0 spiro atoms. The van der Waals surface area contributed by atoms with Crippen molar-refractivity contribution in [2.75, 3.05) is 30.6 Å². The average molecular weight is 389 g/mol. The molecular weight excluding hydrogens is 366 g/mol. The van der Waals surface area contributed by atoms with Gasteiger partial charge in [0.1, 0.15) is 9.84 Å². The lowest BCUT2D eigenvalue weighted by atomic mass is 10.1. The smallest absolute Gasteiger partial charge is 0.232 e. The second kappa shape index (κ2) is 7.60. The van der Waals surface area contributed by atoms with Crippen molar-refractivity contribution >= 4 is 21.4 Å². The van der Waals surface area contributed by atoms with Crippen LogP contribution < -0.4 is 14.4 Å². The van der Waals surface area contributed by atoms with Crippen molar-refractivity contribution in [1.82, 2.24) is 0 Å². The first kappa shape index (κ1) is 19.2. The lowest BCUT2D eigenvalue weighted by molar-refractivity contribution is -0.117. The number of amides is 1. The van der Waals surface area contributed by atoms with E-state index in [1.807, 2.05) is 31.2 Å². The summed E-state index contributed by atoms with van der Waals surface area (Å²) in [6.07, 6.45) is 1.45. The van der Waals surface area contributed by atoms with Gasteiger partial charge in [-0.3, -0.25) is 4.79 Å². The first-order valence-corrected chi connectivity index (χ1v) is 10.8. The monoisotopic (exact) mass is 389 g/mol. The van der Waals surface area contributed by atoms with E-state index in [0.717, 1.165) is 11.3 Å². The number of sulfone groups is 1. The van der Waals surface area contributed by atoms with Crippen molar-refractivity contribution in [3.63, 3.8) is 0 Å². The van der Waals surface area contributed by atoms with Crippen molar-refractivity contribution in [1.29, 1.82) is 0 Å². The molecule has 0 radical (unpaired) electrons. The Morgan fingerprint density at radius 2 is 1.89 bits per heavy atom. The fourth-order valence-electron chi connectivity index (χ4n) is 3.39. The first-order valence-electron chi connectivity index (χ1n) is 8.72. The fraction of sp³-hybridized carbons (Fsp3) is 0.350. The minimum Gasteiger partial charge on any atom is -0.493 e. The fourth-order valence-corrected chi connectivity index (χ4v) is 4.31. The largest absolute Gasteiger partial charge is 0.493 e. The summed E-state index contributed by atoms with van der Waals surface area (Å²) in [5.74, 6) is 0.798. The van der Waals surface area contributed by atoms with Gasteiger partial charge in [-0.1, -0.05) is 24.3 Å². The van der Waals surface area contributed by atoms with Crippen LogP contribution in [0.2, 0.25) is 0 Å². The minimum atomic E-state index is -3.34. The third-order valence-corrected chi connectivity index (χ3v) is 5.43. The minimum absolute atomic E-state index is 0.112. The van der Waals surface area contributed by atoms with Gasteiger partial charge in [-0.15, -0.1) is 0 Å². The molecular formula is C20H23NO5S. The van der Waals surface area contributed by atoms with Crippen LogP contribution in [0.15, 0.2) is 42.5 Å². The number of hydrogen-bond donors (Lipinski definition) is 0. The molecule has 0 saturated heterocycles. The molecule has 3 rings (SSSR count). The molecule has 0 bridgehead atoms. The number of benzene rings is 2. The molecule has 0 fully saturated rings. The van der Waals surface area contributed by atoms with Crippen LogP contribution in [-0.4, -0.2) is 40.1 Å². The standard InChI is InChI=1S/C20H23NO5S/c1-4-26-19-11-15(9-10-18(19)25-2)17(13-27(3,23)24)21-16-8-6-5-7-14(16)12-20(21)22/h5-11,17H,4,12-13H2,1-3H3. The van der Waals surface area contributed by atoms with Gasteiger partial charge in [-0.05, 0) is 36.2 Å². The number of rotatable bonds is 7. The molecule has 144 valence electrons. The molecule has 2 aromatic rings. The Hall–Kier alpha value is -2.54. The highest BCUT2D eigenvalue weighted by atomic mass is 32.2. The summed E-state index contributed by atoms with van der Waals surface area (Å²) in [6, 6.07) is 12.1. The van der Waals surface area contributed by atoms with E-state index in [1.165, 1.54) is 6.26 Å². The number of carbonyl (C=O) groups excluding carboxylic acids is 1. The van der Waals surface area contributed by atoms with Crippen molar-refractivity contribution in [2.45, 2.75) is 19.4 Å². The summed E-state index contributed by atoms with van der Waals surface area (Å²) >= 11 is 0. The Morgan fingerprint density at radius 3 is 2.56 bits per heavy atom. The molecule has 2 aromatic carbocycles. The van der Waals surface area contributed by atoms with Crippen molar-refractivity contribution < 1.29 is 22.7 Å². The quantitative estimate of drug-likeness (QED) is 0.728. The van der Waals surface area contributed by atoms with Gasteiger partial charge in [-0.25, -0.2) is 8.42 Å². The highest BCUT2D eigenvalue weighted by molar-refractivity contribution is 7.90. The molecule has 27 heavy (non-hydrogen) atoms. The Balaban J connectivity index is 2.10. The average Bonchev–Trinajstić information content (AvgIpc) is 2.95. The highest BCUT2D eigenvalue weighted by Crippen LogP contribution is 2.39. The second-order valence-corrected chi connectivity index (χ2v) is 8.71. The molecule has 0 aliphatic carbocycles. The van der Waals surface area contributed by atoms with Crippen molar-refractivity contribution in [2.24, 2.45) is 0 Å². The molecule has 0 aromatic heterocycles. The number of anilines is 1. The predicted molar refractivity (Wildman–Crippen MR) is 104 cm³/mol. The van der Waals surface area contributed by atoms with Gasteiger partial charge in [0, 0.05) is 11.9 Å². The van der Waals surface area contributed by atoms with Crippen LogP contribution in [0.1, 0.15) is 24.1 Å². The zero-order chi connectivity index (χ0) is 19.6. The highest BCUT2D eigenvalue weighted by Gasteiger charge is 2.35. The molecule has 1 amide bonds. The van der Waals surface area contributed by atoms with E-state index >= 15 is 0 Å². The Bertz CT molecular complexity index is 955. The predicted octanol–water partition coefficient (Wildman–Crippen LogP) is 2.77. The number of ether oxygens (including phenoxy) is 2. The van der Waals surface area contributed by atoms with Crippen LogP contribution in [0.3, 0.4) is 0 Å². The molecule has 0 N–H and O–H groups in total. The van der Waals surface area contributed by atoms with E-state index in [1.54, 1.807) is 30.2 Å². The number of nitrogens with zero attached hydrogens (tertiary/aromatic N) is 1. The summed E-state index contributed by atoms with van der Waals surface area (Å²) in [5, 5.41) is 0. The molecule has 1 heterocycles. The van der Waals surface area contributed by atoms with Gasteiger partial charge in [0.05, 0.1) is 31.9 Å². The van der Waals surface area contributed by atoms with Crippen LogP contribution in [-0.2, 0) is 21.1 Å². The Kier molecular flexibility index (Phi) is 5.41. The van der Waals surface area contributed by atoms with E-state index in [2.05, 4.69) is 0 Å². The Morgan fingerprint density at radius 1 is 1.15 bits per heavy atom. The maximum absolute atomic E-state index is 12.7. The van der Waals surface area contributed by atoms with Crippen LogP contribution in [0, 0.1) is 0 Å². The number of para-hydroxylation sites is 1. The molecule has 0 saturated carbocycles. The van der Waals surface area contributed by atoms with Gasteiger partial charge in [0.15, 0.2) is 11.5 Å². The van der Waals surface area contributed by atoms with Gasteiger partial charge < -0.3 is 14.4 Å². The summed E-state index contributed by atoms with van der Waals surface area (Å²) in [6.45, 7) is 2.31. The maximum Gasteiger partial charge on any atom is 0.232 e.